The number of benzene rings is 2. The maximum atomic E-state index is 12.4. The fourth-order valence-corrected chi connectivity index (χ4v) is 4.36. The Morgan fingerprint density at radius 3 is 2.39 bits per heavy atom. The first kappa shape index (κ1) is 21.6. The molecule has 3 aromatic rings. The van der Waals surface area contributed by atoms with E-state index in [0.717, 1.165) is 41.6 Å². The van der Waals surface area contributed by atoms with Gasteiger partial charge in [0.05, 0.1) is 19.3 Å². The second-order valence-corrected chi connectivity index (χ2v) is 8.63. The molecule has 0 N–H and O–H groups in total. The summed E-state index contributed by atoms with van der Waals surface area (Å²) >= 11 is 7.54. The normalized spacial score (nSPS) is 14.5. The summed E-state index contributed by atoms with van der Waals surface area (Å²) in [4.78, 5) is 21.4. The SMILES string of the molecule is COc1ccc(-c2csc(CN3CCN(C(=O)COc4ccc(Cl)cc4)CC3)n2)cc1. The number of hydrogen-bond donors (Lipinski definition) is 0. The van der Waals surface area contributed by atoms with Crippen molar-refractivity contribution in [2.45, 2.75) is 6.54 Å². The van der Waals surface area contributed by atoms with Gasteiger partial charge in [-0.25, -0.2) is 4.98 Å². The zero-order valence-electron chi connectivity index (χ0n) is 17.3. The van der Waals surface area contributed by atoms with Gasteiger partial charge < -0.3 is 14.4 Å². The summed E-state index contributed by atoms with van der Waals surface area (Å²) in [5.41, 5.74) is 2.07. The van der Waals surface area contributed by atoms with Crippen LogP contribution in [0.1, 0.15) is 5.01 Å². The molecule has 1 fully saturated rings. The Morgan fingerprint density at radius 2 is 1.71 bits per heavy atom. The summed E-state index contributed by atoms with van der Waals surface area (Å²) in [7, 11) is 1.66. The predicted octanol–water partition coefficient (Wildman–Crippen LogP) is 4.20. The summed E-state index contributed by atoms with van der Waals surface area (Å²) in [6, 6.07) is 15.0. The maximum absolute atomic E-state index is 12.4. The van der Waals surface area contributed by atoms with Crippen molar-refractivity contribution in [1.29, 1.82) is 0 Å². The molecule has 6 nitrogen and oxygen atoms in total. The molecule has 0 atom stereocenters. The average molecular weight is 458 g/mol. The van der Waals surface area contributed by atoms with Crippen molar-refractivity contribution in [2.24, 2.45) is 0 Å². The van der Waals surface area contributed by atoms with Crippen LogP contribution in [0.15, 0.2) is 53.9 Å². The lowest BCUT2D eigenvalue weighted by Crippen LogP contribution is -2.49. The third-order valence-corrected chi connectivity index (χ3v) is 6.28. The van der Waals surface area contributed by atoms with Crippen LogP contribution in [0.3, 0.4) is 0 Å². The molecular formula is C23H24ClN3O3S. The van der Waals surface area contributed by atoms with Gasteiger partial charge in [-0.3, -0.25) is 9.69 Å². The van der Waals surface area contributed by atoms with Crippen LogP contribution >= 0.6 is 22.9 Å². The number of hydrogen-bond acceptors (Lipinski definition) is 6. The average Bonchev–Trinajstić information content (AvgIpc) is 3.27. The highest BCUT2D eigenvalue weighted by Crippen LogP contribution is 2.25. The molecule has 1 aliphatic heterocycles. The third-order valence-electron chi connectivity index (χ3n) is 5.20. The van der Waals surface area contributed by atoms with E-state index in [4.69, 9.17) is 26.1 Å². The molecule has 1 saturated heterocycles. The molecule has 0 aliphatic carbocycles. The molecule has 31 heavy (non-hydrogen) atoms. The molecule has 0 radical (unpaired) electrons. The van der Waals surface area contributed by atoms with Gasteiger partial charge in [0, 0.05) is 42.1 Å². The molecule has 2 heterocycles. The third kappa shape index (κ3) is 5.76. The van der Waals surface area contributed by atoms with Gasteiger partial charge in [-0.05, 0) is 48.5 Å². The van der Waals surface area contributed by atoms with E-state index in [-0.39, 0.29) is 12.5 Å². The number of carbonyl (C=O) groups is 1. The molecule has 0 bridgehead atoms. The molecular weight excluding hydrogens is 434 g/mol. The van der Waals surface area contributed by atoms with Gasteiger partial charge in [0.2, 0.25) is 0 Å². The van der Waals surface area contributed by atoms with Crippen molar-refractivity contribution in [2.75, 3.05) is 39.9 Å². The van der Waals surface area contributed by atoms with E-state index in [1.54, 1.807) is 42.7 Å². The van der Waals surface area contributed by atoms with Crippen LogP contribution in [0.25, 0.3) is 11.3 Å². The lowest BCUT2D eigenvalue weighted by molar-refractivity contribution is -0.135. The van der Waals surface area contributed by atoms with Crippen molar-refractivity contribution in [3.05, 3.63) is 63.9 Å². The minimum atomic E-state index is 0.00522. The van der Waals surface area contributed by atoms with E-state index in [0.29, 0.717) is 23.9 Å². The molecule has 0 unspecified atom stereocenters. The smallest absolute Gasteiger partial charge is 0.260 e. The fourth-order valence-electron chi connectivity index (χ4n) is 3.39. The van der Waals surface area contributed by atoms with E-state index < -0.39 is 0 Å². The van der Waals surface area contributed by atoms with Crippen LogP contribution in [0.4, 0.5) is 0 Å². The minimum Gasteiger partial charge on any atom is -0.497 e. The molecule has 1 amide bonds. The van der Waals surface area contributed by atoms with Crippen molar-refractivity contribution >= 4 is 28.8 Å². The van der Waals surface area contributed by atoms with Gasteiger partial charge in [-0.1, -0.05) is 11.6 Å². The van der Waals surface area contributed by atoms with Crippen molar-refractivity contribution < 1.29 is 14.3 Å². The highest BCUT2D eigenvalue weighted by Gasteiger charge is 2.22. The molecule has 2 aromatic carbocycles. The number of aromatic nitrogens is 1. The first-order valence-corrected chi connectivity index (χ1v) is 11.3. The number of halogens is 1. The van der Waals surface area contributed by atoms with E-state index >= 15 is 0 Å². The van der Waals surface area contributed by atoms with E-state index in [1.807, 2.05) is 29.2 Å². The lowest BCUT2D eigenvalue weighted by Gasteiger charge is -2.34. The second-order valence-electron chi connectivity index (χ2n) is 7.25. The molecule has 162 valence electrons. The lowest BCUT2D eigenvalue weighted by atomic mass is 10.2. The number of methoxy groups -OCH3 is 1. The first-order chi connectivity index (χ1) is 15.1. The summed E-state index contributed by atoms with van der Waals surface area (Å²) < 4.78 is 10.8. The molecule has 0 spiro atoms. The number of thiazole rings is 1. The Balaban J connectivity index is 1.24. The van der Waals surface area contributed by atoms with Crippen LogP contribution in [0.5, 0.6) is 11.5 Å². The predicted molar refractivity (Wildman–Crippen MR) is 123 cm³/mol. The van der Waals surface area contributed by atoms with Crippen LogP contribution in [0, 0.1) is 0 Å². The number of piperazine rings is 1. The van der Waals surface area contributed by atoms with Crippen LogP contribution in [-0.2, 0) is 11.3 Å². The zero-order chi connectivity index (χ0) is 21.6. The van der Waals surface area contributed by atoms with Crippen LogP contribution in [0.2, 0.25) is 5.02 Å². The van der Waals surface area contributed by atoms with Crippen molar-refractivity contribution in [1.82, 2.24) is 14.8 Å². The van der Waals surface area contributed by atoms with Gasteiger partial charge in [0.1, 0.15) is 16.5 Å². The number of rotatable bonds is 7. The standard InChI is InChI=1S/C23H24ClN3O3S/c1-29-19-6-2-17(3-7-19)21-16-31-22(25-21)14-26-10-12-27(13-11-26)23(28)15-30-20-8-4-18(24)5-9-20/h2-9,16H,10-15H2,1H3. The van der Waals surface area contributed by atoms with E-state index in [2.05, 4.69) is 10.3 Å². The first-order valence-electron chi connectivity index (χ1n) is 10.1. The largest absolute Gasteiger partial charge is 0.497 e. The van der Waals surface area contributed by atoms with Gasteiger partial charge in [-0.2, -0.15) is 0 Å². The topological polar surface area (TPSA) is 54.9 Å². The van der Waals surface area contributed by atoms with E-state index in [1.165, 1.54) is 0 Å². The van der Waals surface area contributed by atoms with Crippen LogP contribution < -0.4 is 9.47 Å². The van der Waals surface area contributed by atoms with Gasteiger partial charge in [0.25, 0.3) is 5.91 Å². The number of amides is 1. The van der Waals surface area contributed by atoms with Crippen molar-refractivity contribution in [3.8, 4) is 22.8 Å². The Bertz CT molecular complexity index is 1000. The summed E-state index contributed by atoms with van der Waals surface area (Å²) in [6.45, 7) is 3.87. The summed E-state index contributed by atoms with van der Waals surface area (Å²) in [6.07, 6.45) is 0. The Hall–Kier alpha value is -2.61. The molecule has 1 aliphatic rings. The molecule has 4 rings (SSSR count). The van der Waals surface area contributed by atoms with Crippen molar-refractivity contribution in [3.63, 3.8) is 0 Å². The number of ether oxygens (including phenoxy) is 2. The highest BCUT2D eigenvalue weighted by molar-refractivity contribution is 7.09. The number of nitrogens with zero attached hydrogens (tertiary/aromatic N) is 3. The Labute approximate surface area is 191 Å². The second kappa shape index (κ2) is 10.1. The maximum Gasteiger partial charge on any atom is 0.260 e. The Kier molecular flexibility index (Phi) is 7.06. The monoisotopic (exact) mass is 457 g/mol. The van der Waals surface area contributed by atoms with Crippen LogP contribution in [-0.4, -0.2) is 60.6 Å². The van der Waals surface area contributed by atoms with Gasteiger partial charge >= 0.3 is 0 Å². The molecule has 1 aromatic heterocycles. The highest BCUT2D eigenvalue weighted by atomic mass is 35.5. The van der Waals surface area contributed by atoms with Gasteiger partial charge in [-0.15, -0.1) is 11.3 Å². The zero-order valence-corrected chi connectivity index (χ0v) is 18.9. The minimum absolute atomic E-state index is 0.00522. The van der Waals surface area contributed by atoms with Gasteiger partial charge in [0.15, 0.2) is 6.61 Å². The quantitative estimate of drug-likeness (QED) is 0.532. The molecule has 8 heteroatoms. The molecule has 0 saturated carbocycles. The summed E-state index contributed by atoms with van der Waals surface area (Å²) in [5.74, 6) is 1.49. The van der Waals surface area contributed by atoms with E-state index in [9.17, 15) is 4.79 Å². The fraction of sp³-hybridized carbons (Fsp3) is 0.304. The summed E-state index contributed by atoms with van der Waals surface area (Å²) in [5, 5.41) is 3.81. The Morgan fingerprint density at radius 1 is 1.03 bits per heavy atom. The number of carbonyl (C=O) groups excluding carboxylic acids is 1.